The molecule has 1 aliphatic carbocycles. The zero-order valence-electron chi connectivity index (χ0n) is 15.4. The predicted octanol–water partition coefficient (Wildman–Crippen LogP) is 2.75. The molecule has 25 heavy (non-hydrogen) atoms. The van der Waals surface area contributed by atoms with Crippen molar-refractivity contribution < 1.29 is 0 Å². The summed E-state index contributed by atoms with van der Waals surface area (Å²) in [5.74, 6) is 2.79. The molecule has 0 unspecified atom stereocenters. The average Bonchev–Trinajstić information content (AvgIpc) is 3.35. The van der Waals surface area contributed by atoms with E-state index >= 15 is 0 Å². The fourth-order valence-electron chi connectivity index (χ4n) is 3.10. The molecular formula is C18H28N6S. The molecule has 1 fully saturated rings. The van der Waals surface area contributed by atoms with Crippen LogP contribution in [0.3, 0.4) is 0 Å². The number of aryl methyl sites for hydroxylation is 1. The minimum Gasteiger partial charge on any atom is -0.354 e. The molecule has 0 aromatic carbocycles. The second-order valence-corrected chi connectivity index (χ2v) is 7.77. The van der Waals surface area contributed by atoms with Crippen molar-refractivity contribution in [1.29, 1.82) is 0 Å². The maximum atomic E-state index is 4.84. The molecule has 0 bridgehead atoms. The van der Waals surface area contributed by atoms with Crippen LogP contribution < -0.4 is 5.32 Å². The van der Waals surface area contributed by atoms with Crippen molar-refractivity contribution in [2.45, 2.75) is 51.6 Å². The quantitative estimate of drug-likeness (QED) is 0.636. The largest absolute Gasteiger partial charge is 0.354 e. The van der Waals surface area contributed by atoms with Crippen LogP contribution in [0.4, 0.5) is 0 Å². The van der Waals surface area contributed by atoms with Gasteiger partial charge in [-0.1, -0.05) is 18.9 Å². The van der Waals surface area contributed by atoms with Crippen LogP contribution in [-0.2, 0) is 20.0 Å². The van der Waals surface area contributed by atoms with Gasteiger partial charge in [0.15, 0.2) is 11.8 Å². The monoisotopic (exact) mass is 360 g/mol. The molecule has 7 heteroatoms. The van der Waals surface area contributed by atoms with Crippen LogP contribution in [-0.4, -0.2) is 45.3 Å². The van der Waals surface area contributed by atoms with Gasteiger partial charge in [-0.05, 0) is 37.6 Å². The topological polar surface area (TPSA) is 58.3 Å². The molecule has 0 radical (unpaired) electrons. The van der Waals surface area contributed by atoms with Gasteiger partial charge in [0, 0.05) is 31.6 Å². The molecule has 2 aromatic heterocycles. The van der Waals surface area contributed by atoms with E-state index in [-0.39, 0.29) is 0 Å². The van der Waals surface area contributed by atoms with Gasteiger partial charge in [-0.15, -0.1) is 21.5 Å². The lowest BCUT2D eigenvalue weighted by atomic mass is 10.2. The van der Waals surface area contributed by atoms with Crippen molar-refractivity contribution in [1.82, 2.24) is 25.0 Å². The van der Waals surface area contributed by atoms with Crippen LogP contribution in [0, 0.1) is 6.92 Å². The van der Waals surface area contributed by atoms with E-state index in [4.69, 9.17) is 4.99 Å². The van der Waals surface area contributed by atoms with E-state index in [2.05, 4.69) is 45.0 Å². The van der Waals surface area contributed by atoms with Crippen LogP contribution in [0.5, 0.6) is 0 Å². The summed E-state index contributed by atoms with van der Waals surface area (Å²) >= 11 is 1.82. The van der Waals surface area contributed by atoms with Gasteiger partial charge in [0.2, 0.25) is 0 Å². The van der Waals surface area contributed by atoms with Gasteiger partial charge in [-0.25, -0.2) is 4.99 Å². The summed E-state index contributed by atoms with van der Waals surface area (Å²) in [4.78, 5) is 8.49. The second-order valence-electron chi connectivity index (χ2n) is 6.74. The third-order valence-corrected chi connectivity index (χ3v) is 5.81. The van der Waals surface area contributed by atoms with Crippen LogP contribution >= 0.6 is 11.3 Å². The third kappa shape index (κ3) is 4.81. The third-order valence-electron chi connectivity index (χ3n) is 4.88. The SMILES string of the molecule is Cc1nnc(CN=C(NC2CCCC2)N(C)CCc2cccs2)n1C. The van der Waals surface area contributed by atoms with E-state index in [1.165, 1.54) is 30.6 Å². The Kier molecular flexibility index (Phi) is 6.07. The normalized spacial score (nSPS) is 15.7. The van der Waals surface area contributed by atoms with Crippen molar-refractivity contribution in [2.75, 3.05) is 13.6 Å². The summed E-state index contributed by atoms with van der Waals surface area (Å²) < 4.78 is 2.00. The number of likely N-dealkylation sites (N-methyl/N-ethyl adjacent to an activating group) is 1. The molecule has 3 rings (SSSR count). The van der Waals surface area contributed by atoms with Crippen LogP contribution in [0.1, 0.15) is 42.2 Å². The lowest BCUT2D eigenvalue weighted by Gasteiger charge is -2.25. The highest BCUT2D eigenvalue weighted by atomic mass is 32.1. The molecule has 6 nitrogen and oxygen atoms in total. The minimum atomic E-state index is 0.546. The average molecular weight is 361 g/mol. The molecule has 1 aliphatic rings. The molecular weight excluding hydrogens is 332 g/mol. The molecule has 0 aliphatic heterocycles. The van der Waals surface area contributed by atoms with E-state index in [0.717, 1.165) is 30.6 Å². The Balaban J connectivity index is 1.66. The molecule has 0 atom stereocenters. The zero-order valence-corrected chi connectivity index (χ0v) is 16.2. The van der Waals surface area contributed by atoms with E-state index < -0.39 is 0 Å². The number of nitrogens with one attached hydrogen (secondary N) is 1. The van der Waals surface area contributed by atoms with Crippen molar-refractivity contribution in [3.8, 4) is 0 Å². The summed E-state index contributed by atoms with van der Waals surface area (Å²) in [6.07, 6.45) is 6.14. The lowest BCUT2D eigenvalue weighted by molar-refractivity contribution is 0.465. The van der Waals surface area contributed by atoms with E-state index in [1.54, 1.807) is 0 Å². The molecule has 0 spiro atoms. The maximum absolute atomic E-state index is 4.84. The van der Waals surface area contributed by atoms with Gasteiger partial charge < -0.3 is 14.8 Å². The summed E-state index contributed by atoms with van der Waals surface area (Å²) in [6, 6.07) is 4.86. The highest BCUT2D eigenvalue weighted by Crippen LogP contribution is 2.18. The highest BCUT2D eigenvalue weighted by Gasteiger charge is 2.18. The Hall–Kier alpha value is -1.89. The predicted molar refractivity (Wildman–Crippen MR) is 103 cm³/mol. The lowest BCUT2D eigenvalue weighted by Crippen LogP contribution is -2.44. The Morgan fingerprint density at radius 1 is 1.40 bits per heavy atom. The number of aliphatic imine (C=N–C) groups is 1. The molecule has 0 saturated heterocycles. The second kappa shape index (κ2) is 8.47. The molecule has 1 saturated carbocycles. The fourth-order valence-corrected chi connectivity index (χ4v) is 3.80. The zero-order chi connectivity index (χ0) is 17.6. The number of hydrogen-bond donors (Lipinski definition) is 1. The van der Waals surface area contributed by atoms with Crippen molar-refractivity contribution in [3.05, 3.63) is 34.0 Å². The molecule has 1 N–H and O–H groups in total. The molecule has 2 aromatic rings. The Labute approximate surface area is 154 Å². The molecule has 0 amide bonds. The summed E-state index contributed by atoms with van der Waals surface area (Å²) in [6.45, 7) is 3.47. The minimum absolute atomic E-state index is 0.546. The number of nitrogens with zero attached hydrogens (tertiary/aromatic N) is 5. The Morgan fingerprint density at radius 2 is 2.20 bits per heavy atom. The van der Waals surface area contributed by atoms with E-state index in [0.29, 0.717) is 12.6 Å². The van der Waals surface area contributed by atoms with Crippen LogP contribution in [0.25, 0.3) is 0 Å². The number of hydrogen-bond acceptors (Lipinski definition) is 4. The van der Waals surface area contributed by atoms with Gasteiger partial charge in [-0.3, -0.25) is 0 Å². The smallest absolute Gasteiger partial charge is 0.194 e. The molecule has 136 valence electrons. The first kappa shape index (κ1) is 17.9. The first-order valence-corrected chi connectivity index (χ1v) is 9.91. The molecule has 2 heterocycles. The number of aromatic nitrogens is 3. The first-order chi connectivity index (χ1) is 12.1. The number of rotatable bonds is 6. The first-order valence-electron chi connectivity index (χ1n) is 9.03. The fraction of sp³-hybridized carbons (Fsp3) is 0.611. The standard InChI is InChI=1S/C18H28N6S/c1-14-21-22-17(24(14)3)13-19-18(20-15-7-4-5-8-15)23(2)11-10-16-9-6-12-25-16/h6,9,12,15H,4-5,7-8,10-11,13H2,1-3H3,(H,19,20). The summed E-state index contributed by atoms with van der Waals surface area (Å²) in [5.41, 5.74) is 0. The number of thiophene rings is 1. The Morgan fingerprint density at radius 3 is 2.84 bits per heavy atom. The van der Waals surface area contributed by atoms with E-state index in [1.807, 2.05) is 29.9 Å². The van der Waals surface area contributed by atoms with E-state index in [9.17, 15) is 0 Å². The van der Waals surface area contributed by atoms with Crippen molar-refractivity contribution in [3.63, 3.8) is 0 Å². The van der Waals surface area contributed by atoms with Crippen LogP contribution in [0.15, 0.2) is 22.5 Å². The van der Waals surface area contributed by atoms with Gasteiger partial charge in [0.05, 0.1) is 0 Å². The van der Waals surface area contributed by atoms with Gasteiger partial charge in [0.1, 0.15) is 12.4 Å². The highest BCUT2D eigenvalue weighted by molar-refractivity contribution is 7.09. The van der Waals surface area contributed by atoms with Gasteiger partial charge in [0.25, 0.3) is 0 Å². The van der Waals surface area contributed by atoms with Gasteiger partial charge in [-0.2, -0.15) is 0 Å². The van der Waals surface area contributed by atoms with Crippen molar-refractivity contribution in [2.24, 2.45) is 12.0 Å². The summed E-state index contributed by atoms with van der Waals surface area (Å²) in [5, 5.41) is 14.2. The maximum Gasteiger partial charge on any atom is 0.194 e. The summed E-state index contributed by atoms with van der Waals surface area (Å²) in [7, 11) is 4.11. The van der Waals surface area contributed by atoms with Crippen molar-refractivity contribution >= 4 is 17.3 Å². The van der Waals surface area contributed by atoms with Gasteiger partial charge >= 0.3 is 0 Å². The Bertz CT molecular complexity index is 684. The van der Waals surface area contributed by atoms with Crippen LogP contribution in [0.2, 0.25) is 0 Å². The number of guanidine groups is 1.